The van der Waals surface area contributed by atoms with E-state index >= 15 is 0 Å². The second kappa shape index (κ2) is 6.24. The summed E-state index contributed by atoms with van der Waals surface area (Å²) in [5.41, 5.74) is 1.96. The molecule has 0 saturated carbocycles. The first-order valence-corrected chi connectivity index (χ1v) is 7.33. The number of imidazole rings is 1. The van der Waals surface area contributed by atoms with Gasteiger partial charge in [0.2, 0.25) is 0 Å². The molecule has 0 atom stereocenters. The highest BCUT2D eigenvalue weighted by Crippen LogP contribution is 2.18. The maximum atomic E-state index is 10.9. The van der Waals surface area contributed by atoms with Crippen LogP contribution in [0.25, 0.3) is 11.0 Å². The molecule has 3 rings (SSSR count). The van der Waals surface area contributed by atoms with Crippen LogP contribution in [-0.4, -0.2) is 51.7 Å². The molecule has 0 unspecified atom stereocenters. The molecule has 1 aromatic heterocycles. The summed E-state index contributed by atoms with van der Waals surface area (Å²) in [5.74, 6) is 0.181. The predicted molar refractivity (Wildman–Crippen MR) is 80.1 cm³/mol. The molecule has 0 bridgehead atoms. The summed E-state index contributed by atoms with van der Waals surface area (Å²) in [4.78, 5) is 17.9. The van der Waals surface area contributed by atoms with Crippen LogP contribution in [0.15, 0.2) is 24.3 Å². The van der Waals surface area contributed by atoms with Gasteiger partial charge in [-0.05, 0) is 12.1 Å². The summed E-state index contributed by atoms with van der Waals surface area (Å²) in [5, 5.41) is 12.3. The molecule has 1 saturated heterocycles. The largest absolute Gasteiger partial charge is 0.481 e. The summed E-state index contributed by atoms with van der Waals surface area (Å²) < 4.78 is 2.05. The zero-order valence-corrected chi connectivity index (χ0v) is 12.0. The van der Waals surface area contributed by atoms with Crippen molar-refractivity contribution in [1.29, 1.82) is 0 Å². The summed E-state index contributed by atoms with van der Waals surface area (Å²) in [6.45, 7) is 5.24. The number of carboxylic acids is 1. The molecule has 1 aromatic carbocycles. The van der Waals surface area contributed by atoms with Crippen LogP contribution >= 0.6 is 0 Å². The van der Waals surface area contributed by atoms with Crippen molar-refractivity contribution >= 4 is 17.0 Å². The van der Waals surface area contributed by atoms with Gasteiger partial charge < -0.3 is 15.0 Å². The van der Waals surface area contributed by atoms with Crippen LogP contribution in [0.2, 0.25) is 0 Å². The van der Waals surface area contributed by atoms with Gasteiger partial charge >= 0.3 is 5.97 Å². The minimum Gasteiger partial charge on any atom is -0.481 e. The molecule has 1 aliphatic heterocycles. The van der Waals surface area contributed by atoms with E-state index in [1.807, 2.05) is 28.8 Å². The minimum absolute atomic E-state index is 0.120. The highest BCUT2D eigenvalue weighted by Gasteiger charge is 2.16. The number of aliphatic carboxylic acids is 1. The SMILES string of the molecule is O=C(O)CCn1c(CN2CCNCC2)nc2ccccc21. The number of rotatable bonds is 5. The Morgan fingerprint density at radius 3 is 2.81 bits per heavy atom. The number of para-hydroxylation sites is 2. The van der Waals surface area contributed by atoms with Crippen molar-refractivity contribution in [2.24, 2.45) is 0 Å². The van der Waals surface area contributed by atoms with Crippen molar-refractivity contribution in [3.63, 3.8) is 0 Å². The van der Waals surface area contributed by atoms with E-state index in [9.17, 15) is 4.79 Å². The van der Waals surface area contributed by atoms with Crippen molar-refractivity contribution in [2.75, 3.05) is 26.2 Å². The molecule has 0 aliphatic carbocycles. The van der Waals surface area contributed by atoms with Gasteiger partial charge in [0.05, 0.1) is 24.0 Å². The average molecular weight is 288 g/mol. The van der Waals surface area contributed by atoms with Crippen LogP contribution in [0, 0.1) is 0 Å². The van der Waals surface area contributed by atoms with Crippen LogP contribution < -0.4 is 5.32 Å². The number of aromatic nitrogens is 2. The van der Waals surface area contributed by atoms with Crippen molar-refractivity contribution < 1.29 is 9.90 Å². The Morgan fingerprint density at radius 2 is 2.05 bits per heavy atom. The Morgan fingerprint density at radius 1 is 1.29 bits per heavy atom. The lowest BCUT2D eigenvalue weighted by Gasteiger charge is -2.27. The number of hydrogen-bond donors (Lipinski definition) is 2. The van der Waals surface area contributed by atoms with Gasteiger partial charge in [0.15, 0.2) is 0 Å². The van der Waals surface area contributed by atoms with Gasteiger partial charge in [-0.3, -0.25) is 9.69 Å². The predicted octanol–water partition coefficient (Wildman–Crippen LogP) is 0.916. The van der Waals surface area contributed by atoms with Gasteiger partial charge in [-0.25, -0.2) is 4.98 Å². The van der Waals surface area contributed by atoms with E-state index in [2.05, 4.69) is 10.2 Å². The van der Waals surface area contributed by atoms with Crippen LogP contribution in [0.3, 0.4) is 0 Å². The maximum absolute atomic E-state index is 10.9. The van der Waals surface area contributed by atoms with E-state index in [-0.39, 0.29) is 6.42 Å². The topological polar surface area (TPSA) is 70.4 Å². The number of nitrogens with one attached hydrogen (secondary N) is 1. The Balaban J connectivity index is 1.87. The molecule has 2 aromatic rings. The molecule has 1 aliphatic rings. The molecule has 0 radical (unpaired) electrons. The van der Waals surface area contributed by atoms with Crippen molar-refractivity contribution in [3.8, 4) is 0 Å². The monoisotopic (exact) mass is 288 g/mol. The van der Waals surface area contributed by atoms with Crippen LogP contribution in [0.1, 0.15) is 12.2 Å². The second-order valence-electron chi connectivity index (χ2n) is 5.34. The number of carbonyl (C=O) groups is 1. The minimum atomic E-state index is -0.777. The molecule has 112 valence electrons. The molecule has 2 N–H and O–H groups in total. The Kier molecular flexibility index (Phi) is 4.17. The molecule has 21 heavy (non-hydrogen) atoms. The van der Waals surface area contributed by atoms with Crippen molar-refractivity contribution in [3.05, 3.63) is 30.1 Å². The van der Waals surface area contributed by atoms with Crippen LogP contribution in [0.4, 0.5) is 0 Å². The number of fused-ring (bicyclic) bond motifs is 1. The molecule has 0 spiro atoms. The number of benzene rings is 1. The third kappa shape index (κ3) is 3.22. The average Bonchev–Trinajstić information content (AvgIpc) is 2.83. The molecule has 6 heteroatoms. The third-order valence-corrected chi connectivity index (χ3v) is 3.86. The standard InChI is InChI=1S/C15H20N4O2/c20-15(21)5-8-19-13-4-2-1-3-12(13)17-14(19)11-18-9-6-16-7-10-18/h1-4,16H,5-11H2,(H,20,21). The number of nitrogens with zero attached hydrogens (tertiary/aromatic N) is 3. The fraction of sp³-hybridized carbons (Fsp3) is 0.467. The summed E-state index contributed by atoms with van der Waals surface area (Å²) in [6.07, 6.45) is 0.120. The first kappa shape index (κ1) is 14.0. The van der Waals surface area contributed by atoms with E-state index < -0.39 is 5.97 Å². The molecule has 0 amide bonds. The summed E-state index contributed by atoms with van der Waals surface area (Å²) in [6, 6.07) is 7.92. The number of piperazine rings is 1. The van der Waals surface area contributed by atoms with Crippen LogP contribution in [-0.2, 0) is 17.9 Å². The molecule has 2 heterocycles. The van der Waals surface area contributed by atoms with Crippen molar-refractivity contribution in [1.82, 2.24) is 19.8 Å². The lowest BCUT2D eigenvalue weighted by Crippen LogP contribution is -2.43. The summed E-state index contributed by atoms with van der Waals surface area (Å²) >= 11 is 0. The maximum Gasteiger partial charge on any atom is 0.305 e. The Hall–Kier alpha value is -1.92. The Labute approximate surface area is 123 Å². The second-order valence-corrected chi connectivity index (χ2v) is 5.34. The van der Waals surface area contributed by atoms with Gasteiger partial charge in [0.25, 0.3) is 0 Å². The number of carboxylic acid groups (broad SMARTS) is 1. The molecule has 1 fully saturated rings. The fourth-order valence-electron chi connectivity index (χ4n) is 2.77. The number of hydrogen-bond acceptors (Lipinski definition) is 4. The van der Waals surface area contributed by atoms with Gasteiger partial charge in [-0.15, -0.1) is 0 Å². The first-order chi connectivity index (χ1) is 10.2. The smallest absolute Gasteiger partial charge is 0.305 e. The third-order valence-electron chi connectivity index (χ3n) is 3.86. The molecule has 6 nitrogen and oxygen atoms in total. The molecular weight excluding hydrogens is 268 g/mol. The lowest BCUT2D eigenvalue weighted by molar-refractivity contribution is -0.137. The normalized spacial score (nSPS) is 16.4. The lowest BCUT2D eigenvalue weighted by atomic mass is 10.3. The van der Waals surface area contributed by atoms with Gasteiger partial charge in [-0.1, -0.05) is 12.1 Å². The van der Waals surface area contributed by atoms with E-state index in [4.69, 9.17) is 10.1 Å². The summed E-state index contributed by atoms with van der Waals surface area (Å²) in [7, 11) is 0. The van der Waals surface area contributed by atoms with Gasteiger partial charge in [0, 0.05) is 32.7 Å². The highest BCUT2D eigenvalue weighted by atomic mass is 16.4. The fourth-order valence-corrected chi connectivity index (χ4v) is 2.77. The zero-order chi connectivity index (χ0) is 14.7. The van der Waals surface area contributed by atoms with E-state index in [0.717, 1.165) is 49.6 Å². The van der Waals surface area contributed by atoms with Gasteiger partial charge in [-0.2, -0.15) is 0 Å². The van der Waals surface area contributed by atoms with Crippen molar-refractivity contribution in [2.45, 2.75) is 19.5 Å². The van der Waals surface area contributed by atoms with Crippen LogP contribution in [0.5, 0.6) is 0 Å². The first-order valence-electron chi connectivity index (χ1n) is 7.33. The highest BCUT2D eigenvalue weighted by molar-refractivity contribution is 5.76. The molecular formula is C15H20N4O2. The van der Waals surface area contributed by atoms with E-state index in [1.54, 1.807) is 0 Å². The van der Waals surface area contributed by atoms with E-state index in [0.29, 0.717) is 6.54 Å². The van der Waals surface area contributed by atoms with E-state index in [1.165, 1.54) is 0 Å². The zero-order valence-electron chi connectivity index (χ0n) is 12.0. The number of aryl methyl sites for hydroxylation is 1. The quantitative estimate of drug-likeness (QED) is 0.856. The van der Waals surface area contributed by atoms with Gasteiger partial charge in [0.1, 0.15) is 5.82 Å². The Bertz CT molecular complexity index is 632.